The highest BCUT2D eigenvalue weighted by Gasteiger charge is 2.11. The Balaban J connectivity index is 2.55. The van der Waals surface area contributed by atoms with Gasteiger partial charge in [-0.15, -0.1) is 0 Å². The molecule has 0 radical (unpaired) electrons. The minimum Gasteiger partial charge on any atom is -0.372 e. The van der Waals surface area contributed by atoms with Crippen molar-refractivity contribution in [1.82, 2.24) is 4.57 Å². The Labute approximate surface area is 108 Å². The van der Waals surface area contributed by atoms with Crippen LogP contribution in [0.3, 0.4) is 0 Å². The van der Waals surface area contributed by atoms with Crippen LogP contribution in [-0.4, -0.2) is 23.4 Å². The van der Waals surface area contributed by atoms with E-state index in [9.17, 15) is 4.79 Å². The number of anilines is 1. The number of aromatic nitrogens is 1. The van der Waals surface area contributed by atoms with Gasteiger partial charge in [-0.1, -0.05) is 0 Å². The highest BCUT2D eigenvalue weighted by molar-refractivity contribution is 5.99. The molecule has 0 fully saturated rings. The Morgan fingerprint density at radius 1 is 1.22 bits per heavy atom. The molecule has 0 aliphatic carbocycles. The summed E-state index contributed by atoms with van der Waals surface area (Å²) in [5, 5.41) is 1.13. The molecule has 18 heavy (non-hydrogen) atoms. The molecule has 3 nitrogen and oxygen atoms in total. The summed E-state index contributed by atoms with van der Waals surface area (Å²) in [6.45, 7) is 7.90. The summed E-state index contributed by atoms with van der Waals surface area (Å²) in [5.41, 5.74) is 3.09. The second-order valence-corrected chi connectivity index (χ2v) is 4.56. The van der Waals surface area contributed by atoms with Crippen molar-refractivity contribution in [2.75, 3.05) is 18.0 Å². The molecule has 0 spiro atoms. The largest absolute Gasteiger partial charge is 0.372 e. The molecule has 0 atom stereocenters. The molecule has 2 aromatic rings. The maximum atomic E-state index is 11.5. The van der Waals surface area contributed by atoms with Crippen molar-refractivity contribution < 1.29 is 4.79 Å². The third kappa shape index (κ3) is 2.01. The maximum Gasteiger partial charge on any atom is 0.176 e. The molecule has 2 rings (SSSR count). The van der Waals surface area contributed by atoms with Gasteiger partial charge in [0.05, 0.1) is 5.69 Å². The van der Waals surface area contributed by atoms with Crippen LogP contribution in [-0.2, 0) is 7.05 Å². The highest BCUT2D eigenvalue weighted by Crippen LogP contribution is 2.25. The molecular formula is C15H20N2O. The molecule has 0 aliphatic heterocycles. The van der Waals surface area contributed by atoms with E-state index in [0.29, 0.717) is 0 Å². The van der Waals surface area contributed by atoms with Gasteiger partial charge in [-0.2, -0.15) is 0 Å². The molecule has 96 valence electrons. The van der Waals surface area contributed by atoms with Crippen LogP contribution >= 0.6 is 0 Å². The van der Waals surface area contributed by atoms with E-state index in [2.05, 4.69) is 36.9 Å². The maximum absolute atomic E-state index is 11.5. The summed E-state index contributed by atoms with van der Waals surface area (Å²) in [6.07, 6.45) is 0. The lowest BCUT2D eigenvalue weighted by molar-refractivity contribution is 0.101. The first-order chi connectivity index (χ1) is 8.58. The lowest BCUT2D eigenvalue weighted by atomic mass is 10.2. The summed E-state index contributed by atoms with van der Waals surface area (Å²) in [6, 6.07) is 8.36. The van der Waals surface area contributed by atoms with Crippen molar-refractivity contribution in [3.63, 3.8) is 0 Å². The third-order valence-corrected chi connectivity index (χ3v) is 3.52. The number of aryl methyl sites for hydroxylation is 1. The molecule has 3 heteroatoms. The lowest BCUT2D eigenvalue weighted by Crippen LogP contribution is -2.21. The number of Topliss-reactive ketones (excluding diaryl/α,β-unsaturated/α-hetero) is 1. The third-order valence-electron chi connectivity index (χ3n) is 3.52. The zero-order valence-electron chi connectivity index (χ0n) is 11.5. The van der Waals surface area contributed by atoms with E-state index in [1.54, 1.807) is 6.92 Å². The standard InChI is InChI=1S/C15H20N2O/c1-5-17(6-2)13-7-8-14-12(9-13)10-15(11(3)18)16(14)4/h7-10H,5-6H2,1-4H3. The molecule has 0 bridgehead atoms. The van der Waals surface area contributed by atoms with Gasteiger partial charge in [0.15, 0.2) is 5.78 Å². The van der Waals surface area contributed by atoms with Gasteiger partial charge in [0.25, 0.3) is 0 Å². The Kier molecular flexibility index (Phi) is 3.41. The number of rotatable bonds is 4. The fourth-order valence-electron chi connectivity index (χ4n) is 2.46. The van der Waals surface area contributed by atoms with Crippen molar-refractivity contribution in [3.05, 3.63) is 30.0 Å². The topological polar surface area (TPSA) is 25.2 Å². The van der Waals surface area contributed by atoms with Crippen molar-refractivity contribution in [2.45, 2.75) is 20.8 Å². The number of hydrogen-bond donors (Lipinski definition) is 0. The van der Waals surface area contributed by atoms with Crippen LogP contribution in [0, 0.1) is 0 Å². The number of ketones is 1. The average molecular weight is 244 g/mol. The van der Waals surface area contributed by atoms with Gasteiger partial charge in [-0.25, -0.2) is 0 Å². The molecular weight excluding hydrogens is 224 g/mol. The van der Waals surface area contributed by atoms with Crippen molar-refractivity contribution in [2.24, 2.45) is 7.05 Å². The molecule has 1 aromatic heterocycles. The molecule has 0 amide bonds. The lowest BCUT2D eigenvalue weighted by Gasteiger charge is -2.21. The van der Waals surface area contributed by atoms with E-state index in [4.69, 9.17) is 0 Å². The van der Waals surface area contributed by atoms with Crippen LogP contribution < -0.4 is 4.90 Å². The Bertz CT molecular complexity index is 579. The molecule has 1 aromatic carbocycles. The first-order valence-electron chi connectivity index (χ1n) is 6.43. The monoisotopic (exact) mass is 244 g/mol. The van der Waals surface area contributed by atoms with Crippen LogP contribution in [0.1, 0.15) is 31.3 Å². The molecule has 0 N–H and O–H groups in total. The smallest absolute Gasteiger partial charge is 0.176 e. The average Bonchev–Trinajstić information content (AvgIpc) is 2.68. The predicted octanol–water partition coefficient (Wildman–Crippen LogP) is 3.23. The number of carbonyl (C=O) groups is 1. The van der Waals surface area contributed by atoms with E-state index < -0.39 is 0 Å². The number of hydrogen-bond acceptors (Lipinski definition) is 2. The number of fused-ring (bicyclic) bond motifs is 1. The van der Waals surface area contributed by atoms with Gasteiger partial charge in [0.1, 0.15) is 0 Å². The van der Waals surface area contributed by atoms with Crippen LogP contribution in [0.25, 0.3) is 10.9 Å². The Hall–Kier alpha value is -1.77. The molecule has 0 saturated heterocycles. The van der Waals surface area contributed by atoms with Crippen LogP contribution in [0.5, 0.6) is 0 Å². The van der Waals surface area contributed by atoms with E-state index in [0.717, 1.165) is 29.7 Å². The quantitative estimate of drug-likeness (QED) is 0.771. The van der Waals surface area contributed by atoms with Gasteiger partial charge in [-0.05, 0) is 38.1 Å². The summed E-state index contributed by atoms with van der Waals surface area (Å²) >= 11 is 0. The minimum absolute atomic E-state index is 0.109. The van der Waals surface area contributed by atoms with Gasteiger partial charge in [0.2, 0.25) is 0 Å². The summed E-state index contributed by atoms with van der Waals surface area (Å²) in [5.74, 6) is 0.109. The molecule has 1 heterocycles. The Morgan fingerprint density at radius 3 is 2.44 bits per heavy atom. The zero-order valence-corrected chi connectivity index (χ0v) is 11.5. The fraction of sp³-hybridized carbons (Fsp3) is 0.400. The van der Waals surface area contributed by atoms with Crippen molar-refractivity contribution >= 4 is 22.4 Å². The van der Waals surface area contributed by atoms with Gasteiger partial charge in [0, 0.05) is 43.7 Å². The zero-order chi connectivity index (χ0) is 13.3. The van der Waals surface area contributed by atoms with Gasteiger partial charge < -0.3 is 9.47 Å². The van der Waals surface area contributed by atoms with Crippen molar-refractivity contribution in [1.29, 1.82) is 0 Å². The van der Waals surface area contributed by atoms with Crippen LogP contribution in [0.15, 0.2) is 24.3 Å². The first-order valence-corrected chi connectivity index (χ1v) is 6.43. The van der Waals surface area contributed by atoms with E-state index in [-0.39, 0.29) is 5.78 Å². The van der Waals surface area contributed by atoms with Crippen LogP contribution in [0.2, 0.25) is 0 Å². The minimum atomic E-state index is 0.109. The normalized spacial score (nSPS) is 10.9. The summed E-state index contributed by atoms with van der Waals surface area (Å²) in [7, 11) is 1.94. The van der Waals surface area contributed by atoms with Gasteiger partial charge >= 0.3 is 0 Å². The van der Waals surface area contributed by atoms with Crippen molar-refractivity contribution in [3.8, 4) is 0 Å². The molecule has 0 saturated carbocycles. The van der Waals surface area contributed by atoms with Gasteiger partial charge in [-0.3, -0.25) is 4.79 Å². The summed E-state index contributed by atoms with van der Waals surface area (Å²) < 4.78 is 1.96. The van der Waals surface area contributed by atoms with E-state index in [1.807, 2.05) is 17.7 Å². The van der Waals surface area contributed by atoms with E-state index >= 15 is 0 Å². The first kappa shape index (κ1) is 12.7. The summed E-state index contributed by atoms with van der Waals surface area (Å²) in [4.78, 5) is 13.8. The molecule has 0 unspecified atom stereocenters. The number of benzene rings is 1. The van der Waals surface area contributed by atoms with Crippen LogP contribution in [0.4, 0.5) is 5.69 Å². The second-order valence-electron chi connectivity index (χ2n) is 4.56. The Morgan fingerprint density at radius 2 is 1.89 bits per heavy atom. The molecule has 0 aliphatic rings. The highest BCUT2D eigenvalue weighted by atomic mass is 16.1. The SMILES string of the molecule is CCN(CC)c1ccc2c(c1)cc(C(C)=O)n2C. The fourth-order valence-corrected chi connectivity index (χ4v) is 2.46. The van der Waals surface area contributed by atoms with E-state index in [1.165, 1.54) is 5.69 Å². The number of nitrogens with zero attached hydrogens (tertiary/aromatic N) is 2. The predicted molar refractivity (Wildman–Crippen MR) is 76.5 cm³/mol. The number of carbonyl (C=O) groups excluding carboxylic acids is 1. The second kappa shape index (κ2) is 4.84.